The van der Waals surface area contributed by atoms with Gasteiger partial charge in [-0.1, -0.05) is 61.6 Å². The van der Waals surface area contributed by atoms with E-state index >= 15 is 0 Å². The smallest absolute Gasteiger partial charge is 0.303 e. The monoisotopic (exact) mass is 470 g/mol. The summed E-state index contributed by atoms with van der Waals surface area (Å²) in [5.41, 5.74) is 8.50. The molecule has 5 N–H and O–H groups in total. The quantitative estimate of drug-likeness (QED) is 0.160. The van der Waals surface area contributed by atoms with Gasteiger partial charge in [-0.15, -0.1) is 0 Å². The van der Waals surface area contributed by atoms with Crippen LogP contribution in [0.3, 0.4) is 0 Å². The highest BCUT2D eigenvalue weighted by Crippen LogP contribution is 2.30. The van der Waals surface area contributed by atoms with Gasteiger partial charge in [-0.05, 0) is 94.0 Å². The van der Waals surface area contributed by atoms with Crippen LogP contribution in [0.2, 0.25) is 0 Å². The Morgan fingerprint density at radius 3 is 2.68 bits per heavy atom. The van der Waals surface area contributed by atoms with E-state index in [1.54, 1.807) is 17.7 Å². The number of unbranched alkanes of at least 4 members (excludes halogenated alkanes) is 3. The SMILES string of the molecule is CNC[C@H](/C=C/C[C@H](CCCCCC[C@@H]1C=C(CCN)CC1)Cc1ccc(O)cc1)CC(=O)O. The second-order valence-electron chi connectivity index (χ2n) is 9.97. The van der Waals surface area contributed by atoms with E-state index in [9.17, 15) is 9.90 Å². The zero-order chi connectivity index (χ0) is 24.6. The van der Waals surface area contributed by atoms with Crippen molar-refractivity contribution in [2.75, 3.05) is 20.1 Å². The van der Waals surface area contributed by atoms with Crippen LogP contribution in [0.4, 0.5) is 0 Å². The number of hydrogen-bond acceptors (Lipinski definition) is 4. The van der Waals surface area contributed by atoms with Gasteiger partial charge in [0.2, 0.25) is 0 Å². The summed E-state index contributed by atoms with van der Waals surface area (Å²) in [7, 11) is 1.86. The number of nitrogens with two attached hydrogens (primary N) is 1. The first-order valence-electron chi connectivity index (χ1n) is 13.2. The van der Waals surface area contributed by atoms with Crippen molar-refractivity contribution in [3.63, 3.8) is 0 Å². The molecular weight excluding hydrogens is 424 g/mol. The molecule has 0 aliphatic heterocycles. The lowest BCUT2D eigenvalue weighted by atomic mass is 9.89. The number of rotatable bonds is 18. The molecule has 1 aliphatic rings. The van der Waals surface area contributed by atoms with Gasteiger partial charge in [0.05, 0.1) is 6.42 Å². The number of aliphatic carboxylic acids is 1. The van der Waals surface area contributed by atoms with Gasteiger partial charge >= 0.3 is 5.97 Å². The number of phenolic OH excluding ortho intramolecular Hbond substituents is 1. The normalized spacial score (nSPS) is 17.7. The third-order valence-electron chi connectivity index (χ3n) is 6.95. The van der Waals surface area contributed by atoms with E-state index in [1.165, 1.54) is 56.9 Å². The Morgan fingerprint density at radius 2 is 1.97 bits per heavy atom. The van der Waals surface area contributed by atoms with Gasteiger partial charge in [0.1, 0.15) is 5.75 Å². The molecule has 0 aromatic heterocycles. The lowest BCUT2D eigenvalue weighted by molar-refractivity contribution is -0.137. The summed E-state index contributed by atoms with van der Waals surface area (Å²) in [6, 6.07) is 7.53. The van der Waals surface area contributed by atoms with Crippen molar-refractivity contribution in [2.45, 2.75) is 77.0 Å². The molecule has 0 heterocycles. The molecule has 1 aliphatic carbocycles. The molecule has 0 spiro atoms. The van der Waals surface area contributed by atoms with Crippen LogP contribution in [-0.2, 0) is 11.2 Å². The molecular formula is C29H46N2O3. The van der Waals surface area contributed by atoms with Gasteiger partial charge in [0.25, 0.3) is 0 Å². The maximum atomic E-state index is 11.1. The Labute approximate surface area is 206 Å². The zero-order valence-electron chi connectivity index (χ0n) is 21.1. The molecule has 2 rings (SSSR count). The van der Waals surface area contributed by atoms with E-state index in [0.717, 1.165) is 31.7 Å². The third-order valence-corrected chi connectivity index (χ3v) is 6.95. The Bertz CT molecular complexity index is 757. The van der Waals surface area contributed by atoms with E-state index in [-0.39, 0.29) is 12.3 Å². The fourth-order valence-electron chi connectivity index (χ4n) is 5.11. The molecule has 0 unspecified atom stereocenters. The lowest BCUT2D eigenvalue weighted by Gasteiger charge is -2.16. The van der Waals surface area contributed by atoms with Crippen molar-refractivity contribution in [3.05, 3.63) is 53.6 Å². The summed E-state index contributed by atoms with van der Waals surface area (Å²) in [4.78, 5) is 11.1. The van der Waals surface area contributed by atoms with E-state index in [2.05, 4.69) is 23.5 Å². The van der Waals surface area contributed by atoms with Crippen LogP contribution < -0.4 is 11.1 Å². The number of benzene rings is 1. The van der Waals surface area contributed by atoms with Gasteiger partial charge in [-0.2, -0.15) is 0 Å². The molecule has 5 heteroatoms. The maximum Gasteiger partial charge on any atom is 0.303 e. The number of carboxylic acids is 1. The predicted molar refractivity (Wildman–Crippen MR) is 141 cm³/mol. The van der Waals surface area contributed by atoms with E-state index < -0.39 is 5.97 Å². The van der Waals surface area contributed by atoms with Gasteiger partial charge in [0, 0.05) is 6.54 Å². The van der Waals surface area contributed by atoms with Gasteiger partial charge in [-0.3, -0.25) is 4.79 Å². The average Bonchev–Trinajstić information content (AvgIpc) is 3.24. The second-order valence-corrected chi connectivity index (χ2v) is 9.97. The van der Waals surface area contributed by atoms with Crippen LogP contribution in [0, 0.1) is 17.8 Å². The van der Waals surface area contributed by atoms with Crippen LogP contribution in [0.5, 0.6) is 5.75 Å². The molecule has 0 radical (unpaired) electrons. The number of carboxylic acid groups (broad SMARTS) is 1. The lowest BCUT2D eigenvalue weighted by Crippen LogP contribution is -2.19. The molecule has 5 nitrogen and oxygen atoms in total. The van der Waals surface area contributed by atoms with Crippen LogP contribution in [0.15, 0.2) is 48.1 Å². The van der Waals surface area contributed by atoms with Gasteiger partial charge in [0.15, 0.2) is 0 Å². The second kappa shape index (κ2) is 16.5. The number of hydrogen-bond donors (Lipinski definition) is 4. The molecule has 1 aromatic rings. The Balaban J connectivity index is 1.78. The van der Waals surface area contributed by atoms with Crippen molar-refractivity contribution < 1.29 is 15.0 Å². The molecule has 190 valence electrons. The minimum atomic E-state index is -0.755. The van der Waals surface area contributed by atoms with Crippen molar-refractivity contribution in [2.24, 2.45) is 23.5 Å². The van der Waals surface area contributed by atoms with E-state index in [0.29, 0.717) is 18.2 Å². The summed E-state index contributed by atoms with van der Waals surface area (Å²) >= 11 is 0. The summed E-state index contributed by atoms with van der Waals surface area (Å²) in [6.07, 6.45) is 20.0. The highest BCUT2D eigenvalue weighted by atomic mass is 16.4. The molecule has 0 saturated heterocycles. The minimum absolute atomic E-state index is 0.0202. The van der Waals surface area contributed by atoms with Gasteiger partial charge < -0.3 is 21.3 Å². The average molecular weight is 471 g/mol. The van der Waals surface area contributed by atoms with Crippen molar-refractivity contribution >= 4 is 5.97 Å². The predicted octanol–water partition coefficient (Wildman–Crippen LogP) is 5.83. The Morgan fingerprint density at radius 1 is 1.21 bits per heavy atom. The van der Waals surface area contributed by atoms with Crippen molar-refractivity contribution in [3.8, 4) is 5.75 Å². The fraction of sp³-hybridized carbons (Fsp3) is 0.621. The molecule has 0 saturated carbocycles. The first kappa shape index (κ1) is 28.1. The van der Waals surface area contributed by atoms with Crippen LogP contribution in [0.25, 0.3) is 0 Å². The molecule has 1 aromatic carbocycles. The first-order valence-corrected chi connectivity index (χ1v) is 13.2. The topological polar surface area (TPSA) is 95.6 Å². The molecule has 3 atom stereocenters. The van der Waals surface area contributed by atoms with Crippen molar-refractivity contribution in [1.82, 2.24) is 5.32 Å². The van der Waals surface area contributed by atoms with Gasteiger partial charge in [-0.25, -0.2) is 0 Å². The Kier molecular flexibility index (Phi) is 13.7. The van der Waals surface area contributed by atoms with Crippen molar-refractivity contribution in [1.29, 1.82) is 0 Å². The first-order chi connectivity index (χ1) is 16.5. The minimum Gasteiger partial charge on any atom is -0.508 e. The summed E-state index contributed by atoms with van der Waals surface area (Å²) in [5, 5.41) is 21.8. The van der Waals surface area contributed by atoms with Crippen LogP contribution in [0.1, 0.15) is 76.2 Å². The third kappa shape index (κ3) is 11.8. The highest BCUT2D eigenvalue weighted by Gasteiger charge is 2.15. The molecule has 34 heavy (non-hydrogen) atoms. The number of allylic oxidation sites excluding steroid dienone is 2. The zero-order valence-corrected chi connectivity index (χ0v) is 21.1. The largest absolute Gasteiger partial charge is 0.508 e. The summed E-state index contributed by atoms with van der Waals surface area (Å²) in [5.74, 6) is 0.861. The highest BCUT2D eigenvalue weighted by molar-refractivity contribution is 5.67. The number of phenols is 1. The van der Waals surface area contributed by atoms with Crippen LogP contribution in [-0.4, -0.2) is 36.3 Å². The number of nitrogens with one attached hydrogen (secondary N) is 1. The van der Waals surface area contributed by atoms with E-state index in [4.69, 9.17) is 10.8 Å². The fourth-order valence-corrected chi connectivity index (χ4v) is 5.11. The maximum absolute atomic E-state index is 11.1. The Hall–Kier alpha value is -2.11. The van der Waals surface area contributed by atoms with Crippen LogP contribution >= 0.6 is 0 Å². The molecule has 0 amide bonds. The number of aromatic hydroxyl groups is 1. The standard InChI is InChI=1S/C29H46N2O3/c1-31-22-27(21-29(33)34)10-6-9-23(19-25-13-15-28(32)16-14-25)7-4-2-3-5-8-24-11-12-26(20-24)17-18-30/h6,10,13-16,20,23-24,27,31-32H,2-5,7-9,11-12,17-19,21-22,30H2,1H3,(H,33,34)/b10-6+/t23-,24-,27+/m0/s1. The van der Waals surface area contributed by atoms with E-state index in [1.807, 2.05) is 19.2 Å². The number of carbonyl (C=O) groups is 1. The molecule has 0 fully saturated rings. The molecule has 0 bridgehead atoms. The summed E-state index contributed by atoms with van der Waals surface area (Å²) < 4.78 is 0. The summed E-state index contributed by atoms with van der Waals surface area (Å²) in [6.45, 7) is 1.45.